The Morgan fingerprint density at radius 1 is 1.36 bits per heavy atom. The zero-order valence-corrected chi connectivity index (χ0v) is 7.75. The molecule has 0 saturated heterocycles. The van der Waals surface area contributed by atoms with Crippen molar-refractivity contribution in [3.63, 3.8) is 0 Å². The van der Waals surface area contributed by atoms with Gasteiger partial charge < -0.3 is 4.90 Å². The van der Waals surface area contributed by atoms with E-state index in [4.69, 9.17) is 0 Å². The molecule has 0 N–H and O–H groups in total. The highest BCUT2D eigenvalue weighted by molar-refractivity contribution is 5.55. The molecule has 0 aliphatic rings. The second-order valence-corrected chi connectivity index (χ2v) is 1.68. The highest BCUT2D eigenvalue weighted by Crippen LogP contribution is 1.76. The van der Waals surface area contributed by atoms with Gasteiger partial charge in [-0.15, -0.1) is 6.58 Å². The van der Waals surface area contributed by atoms with Crippen LogP contribution in [-0.2, 0) is 0 Å². The first kappa shape index (κ1) is 12.6. The van der Waals surface area contributed by atoms with Crippen LogP contribution in [0.15, 0.2) is 30.4 Å². The Hall–Kier alpha value is -1.05. The molecule has 0 spiro atoms. The zero-order chi connectivity index (χ0) is 9.11. The molecule has 2 heteroatoms. The van der Waals surface area contributed by atoms with Crippen molar-refractivity contribution in [2.24, 2.45) is 4.99 Å². The molecule has 0 aliphatic carbocycles. The summed E-state index contributed by atoms with van der Waals surface area (Å²) < 4.78 is 0. The third kappa shape index (κ3) is 12.2. The van der Waals surface area contributed by atoms with Crippen LogP contribution in [0.25, 0.3) is 0 Å². The largest absolute Gasteiger partial charge is 0.362 e. The molecule has 0 atom stereocenters. The van der Waals surface area contributed by atoms with Gasteiger partial charge in [0.1, 0.15) is 0 Å². The molecule has 0 aromatic rings. The lowest BCUT2D eigenvalue weighted by atomic mass is 10.6. The van der Waals surface area contributed by atoms with Gasteiger partial charge in [0.05, 0.1) is 6.34 Å². The van der Waals surface area contributed by atoms with E-state index in [-0.39, 0.29) is 0 Å². The normalized spacial score (nSPS) is 8.27. The third-order valence-electron chi connectivity index (χ3n) is 0.786. The van der Waals surface area contributed by atoms with Crippen LogP contribution in [0.2, 0.25) is 0 Å². The number of hydrogen-bond acceptors (Lipinski definition) is 1. The first-order valence-electron chi connectivity index (χ1n) is 3.76. The maximum absolute atomic E-state index is 3.81. The first-order valence-corrected chi connectivity index (χ1v) is 3.76. The summed E-state index contributed by atoms with van der Waals surface area (Å²) in [5.41, 5.74) is 0. The molecule has 0 rings (SSSR count). The molecule has 0 aromatic heterocycles. The van der Waals surface area contributed by atoms with E-state index in [1.54, 1.807) is 6.34 Å². The predicted octanol–water partition coefficient (Wildman–Crippen LogP) is 2.30. The zero-order valence-electron chi connectivity index (χ0n) is 7.75. The van der Waals surface area contributed by atoms with Crippen LogP contribution in [0.4, 0.5) is 0 Å². The van der Waals surface area contributed by atoms with Gasteiger partial charge in [0.25, 0.3) is 0 Å². The van der Waals surface area contributed by atoms with Gasteiger partial charge in [-0.25, -0.2) is 4.99 Å². The molecule has 0 fully saturated rings. The van der Waals surface area contributed by atoms with Crippen molar-refractivity contribution in [3.05, 3.63) is 25.4 Å². The summed E-state index contributed by atoms with van der Waals surface area (Å²) in [6.07, 6.45) is 5.02. The molecular formula is C9H18N2. The first-order chi connectivity index (χ1) is 5.31. The van der Waals surface area contributed by atoms with E-state index in [9.17, 15) is 0 Å². The van der Waals surface area contributed by atoms with Gasteiger partial charge in [0.2, 0.25) is 0 Å². The van der Waals surface area contributed by atoms with Crippen molar-refractivity contribution in [2.75, 3.05) is 13.6 Å². The quantitative estimate of drug-likeness (QED) is 0.344. The Balaban J connectivity index is 0. The van der Waals surface area contributed by atoms with Crippen molar-refractivity contribution in [1.82, 2.24) is 4.90 Å². The fourth-order valence-corrected chi connectivity index (χ4v) is 0.412. The number of likely N-dealkylation sites (N-methyl/N-ethyl adjacent to an activating group) is 1. The Morgan fingerprint density at radius 2 is 1.91 bits per heavy atom. The lowest BCUT2D eigenvalue weighted by Crippen LogP contribution is -2.14. The number of rotatable bonds is 4. The molecule has 0 bridgehead atoms. The second-order valence-electron chi connectivity index (χ2n) is 1.68. The molecule has 0 radical (unpaired) electrons. The molecule has 0 heterocycles. The fourth-order valence-electron chi connectivity index (χ4n) is 0.412. The van der Waals surface area contributed by atoms with Crippen molar-refractivity contribution < 1.29 is 0 Å². The highest BCUT2D eigenvalue weighted by atomic mass is 15.1. The summed E-state index contributed by atoms with van der Waals surface area (Å²) >= 11 is 0. The van der Waals surface area contributed by atoms with Crippen molar-refractivity contribution >= 4 is 6.34 Å². The van der Waals surface area contributed by atoms with E-state index in [0.29, 0.717) is 0 Å². The summed E-state index contributed by atoms with van der Waals surface area (Å²) in [4.78, 5) is 5.72. The number of hydrogen-bond donors (Lipinski definition) is 0. The maximum Gasteiger partial charge on any atom is 0.0904 e. The Labute approximate surface area is 69.9 Å². The van der Waals surface area contributed by atoms with Crippen LogP contribution in [0.3, 0.4) is 0 Å². The lowest BCUT2D eigenvalue weighted by molar-refractivity contribution is 0.582. The smallest absolute Gasteiger partial charge is 0.0904 e. The van der Waals surface area contributed by atoms with E-state index >= 15 is 0 Å². The summed E-state index contributed by atoms with van der Waals surface area (Å²) in [7, 11) is 1.93. The van der Waals surface area contributed by atoms with Crippen molar-refractivity contribution in [3.8, 4) is 0 Å². The molecule has 0 aromatic carbocycles. The topological polar surface area (TPSA) is 15.6 Å². The van der Waals surface area contributed by atoms with Crippen molar-refractivity contribution in [2.45, 2.75) is 13.8 Å². The highest BCUT2D eigenvalue weighted by Gasteiger charge is 1.81. The standard InChI is InChI=1S/C7H12N2.C2H6/c1-4-6-9(3)7-8-5-2;1-2/h4-5,7H,1-2,6H2,3H3;1-2H3. The van der Waals surface area contributed by atoms with Crippen LogP contribution in [0, 0.1) is 0 Å². The molecule has 2 nitrogen and oxygen atoms in total. The van der Waals surface area contributed by atoms with Crippen LogP contribution < -0.4 is 0 Å². The summed E-state index contributed by atoms with van der Waals surface area (Å²) in [5.74, 6) is 0. The Kier molecular flexibility index (Phi) is 13.4. The molecule has 0 amide bonds. The van der Waals surface area contributed by atoms with Crippen LogP contribution in [0.5, 0.6) is 0 Å². The third-order valence-corrected chi connectivity index (χ3v) is 0.786. The average Bonchev–Trinajstić information content (AvgIpc) is 2.05. The van der Waals surface area contributed by atoms with Gasteiger partial charge in [-0.1, -0.05) is 26.5 Å². The van der Waals surface area contributed by atoms with Gasteiger partial charge >= 0.3 is 0 Å². The van der Waals surface area contributed by atoms with E-state index in [2.05, 4.69) is 18.2 Å². The molecule has 11 heavy (non-hydrogen) atoms. The summed E-state index contributed by atoms with van der Waals surface area (Å²) in [6.45, 7) is 11.8. The van der Waals surface area contributed by atoms with E-state index in [1.165, 1.54) is 6.20 Å². The molecule has 0 aliphatic heterocycles. The van der Waals surface area contributed by atoms with Gasteiger partial charge in [-0.05, 0) is 0 Å². The Morgan fingerprint density at radius 3 is 2.27 bits per heavy atom. The summed E-state index contributed by atoms with van der Waals surface area (Å²) in [5, 5.41) is 0. The molecular weight excluding hydrogens is 136 g/mol. The summed E-state index contributed by atoms with van der Waals surface area (Å²) in [6, 6.07) is 0. The minimum absolute atomic E-state index is 0.817. The van der Waals surface area contributed by atoms with Crippen LogP contribution in [0.1, 0.15) is 13.8 Å². The van der Waals surface area contributed by atoms with Gasteiger partial charge in [0, 0.05) is 19.8 Å². The van der Waals surface area contributed by atoms with Gasteiger partial charge in [-0.3, -0.25) is 0 Å². The number of aliphatic imine (C=N–C) groups is 1. The van der Waals surface area contributed by atoms with Gasteiger partial charge in [-0.2, -0.15) is 0 Å². The minimum Gasteiger partial charge on any atom is -0.362 e. The fraction of sp³-hybridized carbons (Fsp3) is 0.444. The van der Waals surface area contributed by atoms with E-state index < -0.39 is 0 Å². The molecule has 0 unspecified atom stereocenters. The SMILES string of the molecule is C=CCN(C)C=NC=C.CC. The average molecular weight is 154 g/mol. The van der Waals surface area contributed by atoms with Crippen LogP contribution >= 0.6 is 0 Å². The number of nitrogens with zero attached hydrogens (tertiary/aromatic N) is 2. The lowest BCUT2D eigenvalue weighted by Gasteiger charge is -2.06. The maximum atomic E-state index is 3.81. The Bertz CT molecular complexity index is 117. The monoisotopic (exact) mass is 154 g/mol. The molecule has 0 saturated carbocycles. The van der Waals surface area contributed by atoms with E-state index in [1.807, 2.05) is 31.9 Å². The van der Waals surface area contributed by atoms with Crippen molar-refractivity contribution in [1.29, 1.82) is 0 Å². The van der Waals surface area contributed by atoms with Crippen LogP contribution in [-0.4, -0.2) is 24.8 Å². The minimum atomic E-state index is 0.817. The van der Waals surface area contributed by atoms with Gasteiger partial charge in [0.15, 0.2) is 0 Å². The van der Waals surface area contributed by atoms with E-state index in [0.717, 1.165) is 6.54 Å². The predicted molar refractivity (Wildman–Crippen MR) is 52.9 cm³/mol. The second kappa shape index (κ2) is 11.7. The molecule has 64 valence electrons.